The summed E-state index contributed by atoms with van der Waals surface area (Å²) < 4.78 is 0. The van der Waals surface area contributed by atoms with Crippen LogP contribution in [-0.2, 0) is 0 Å². The monoisotopic (exact) mass is 262 g/mol. The molecular formula is C18H14O2. The van der Waals surface area contributed by atoms with Crippen LogP contribution >= 0.6 is 0 Å². The van der Waals surface area contributed by atoms with Crippen molar-refractivity contribution >= 4 is 34.1 Å². The van der Waals surface area contributed by atoms with Crippen molar-refractivity contribution in [3.8, 4) is 0 Å². The highest BCUT2D eigenvalue weighted by Gasteiger charge is 2.15. The van der Waals surface area contributed by atoms with Gasteiger partial charge in [-0.2, -0.15) is 0 Å². The minimum atomic E-state index is 0.669. The highest BCUT2D eigenvalue weighted by atomic mass is 16.1. The van der Waals surface area contributed by atoms with E-state index in [1.165, 1.54) is 0 Å². The summed E-state index contributed by atoms with van der Waals surface area (Å²) in [7, 11) is 0. The van der Waals surface area contributed by atoms with Crippen LogP contribution in [0.4, 0.5) is 0 Å². The van der Waals surface area contributed by atoms with E-state index in [4.69, 9.17) is 0 Å². The van der Waals surface area contributed by atoms with Crippen LogP contribution in [0.5, 0.6) is 0 Å². The van der Waals surface area contributed by atoms with Gasteiger partial charge in [0.15, 0.2) is 12.6 Å². The molecule has 3 aromatic rings. The second-order valence-electron chi connectivity index (χ2n) is 5.06. The standard InChI is InChI=1S/C18H14O2/c1-11-7-8-12(2)18-16(10-20)14-6-4-3-5-13(14)15(9-19)17(11)18/h3-10H,1-2H3. The van der Waals surface area contributed by atoms with Crippen LogP contribution in [0, 0.1) is 13.8 Å². The number of aldehydes is 2. The van der Waals surface area contributed by atoms with E-state index in [1.807, 2.05) is 50.2 Å². The summed E-state index contributed by atoms with van der Waals surface area (Å²) in [6.07, 6.45) is 1.79. The molecule has 3 aromatic carbocycles. The molecule has 0 saturated carbocycles. The topological polar surface area (TPSA) is 34.1 Å². The lowest BCUT2D eigenvalue weighted by atomic mass is 9.88. The van der Waals surface area contributed by atoms with Crippen molar-refractivity contribution in [3.63, 3.8) is 0 Å². The third-order valence-electron chi connectivity index (χ3n) is 3.90. The Bertz CT molecular complexity index is 788. The first-order chi connectivity index (χ1) is 9.69. The zero-order chi connectivity index (χ0) is 14.3. The summed E-state index contributed by atoms with van der Waals surface area (Å²) in [6.45, 7) is 3.94. The van der Waals surface area contributed by atoms with Crippen molar-refractivity contribution in [1.82, 2.24) is 0 Å². The number of benzene rings is 3. The Balaban J connectivity index is 2.77. The maximum Gasteiger partial charge on any atom is 0.151 e. The van der Waals surface area contributed by atoms with Gasteiger partial charge >= 0.3 is 0 Å². The van der Waals surface area contributed by atoms with Crippen molar-refractivity contribution < 1.29 is 9.59 Å². The van der Waals surface area contributed by atoms with Gasteiger partial charge in [-0.25, -0.2) is 0 Å². The summed E-state index contributed by atoms with van der Waals surface area (Å²) in [4.78, 5) is 23.2. The molecule has 0 aliphatic rings. The maximum absolute atomic E-state index is 11.6. The molecule has 0 aromatic heterocycles. The van der Waals surface area contributed by atoms with Gasteiger partial charge in [-0.05, 0) is 46.5 Å². The van der Waals surface area contributed by atoms with Crippen LogP contribution in [0.3, 0.4) is 0 Å². The first-order valence-corrected chi connectivity index (χ1v) is 6.54. The predicted octanol–water partition coefficient (Wildman–Crippen LogP) is 4.23. The maximum atomic E-state index is 11.6. The van der Waals surface area contributed by atoms with Crippen molar-refractivity contribution in [2.24, 2.45) is 0 Å². The third-order valence-corrected chi connectivity index (χ3v) is 3.90. The lowest BCUT2D eigenvalue weighted by molar-refractivity contribution is 0.111. The average molecular weight is 262 g/mol. The SMILES string of the molecule is Cc1ccc(C)c2c(C=O)c3ccccc3c(C=O)c12. The van der Waals surface area contributed by atoms with E-state index in [9.17, 15) is 9.59 Å². The minimum absolute atomic E-state index is 0.669. The van der Waals surface area contributed by atoms with Crippen LogP contribution in [0.25, 0.3) is 21.5 Å². The van der Waals surface area contributed by atoms with E-state index >= 15 is 0 Å². The Hall–Kier alpha value is -2.48. The number of hydrogen-bond donors (Lipinski definition) is 0. The van der Waals surface area contributed by atoms with Crippen LogP contribution in [0.15, 0.2) is 36.4 Å². The number of fused-ring (bicyclic) bond motifs is 2. The molecule has 20 heavy (non-hydrogen) atoms. The first-order valence-electron chi connectivity index (χ1n) is 6.54. The van der Waals surface area contributed by atoms with Gasteiger partial charge in [-0.1, -0.05) is 36.4 Å². The summed E-state index contributed by atoms with van der Waals surface area (Å²) in [5.74, 6) is 0. The number of rotatable bonds is 2. The minimum Gasteiger partial charge on any atom is -0.298 e. The lowest BCUT2D eigenvalue weighted by Crippen LogP contribution is -1.97. The molecule has 0 fully saturated rings. The molecule has 0 aliphatic heterocycles. The van der Waals surface area contributed by atoms with Gasteiger partial charge in [0, 0.05) is 11.1 Å². The van der Waals surface area contributed by atoms with E-state index < -0.39 is 0 Å². The average Bonchev–Trinajstić information content (AvgIpc) is 2.48. The van der Waals surface area contributed by atoms with E-state index in [0.717, 1.165) is 45.2 Å². The van der Waals surface area contributed by atoms with E-state index in [-0.39, 0.29) is 0 Å². The molecule has 3 rings (SSSR count). The first kappa shape index (κ1) is 12.5. The highest BCUT2D eigenvalue weighted by Crippen LogP contribution is 2.34. The van der Waals surface area contributed by atoms with Gasteiger partial charge in [0.1, 0.15) is 0 Å². The predicted molar refractivity (Wildman–Crippen MR) is 81.7 cm³/mol. The fraction of sp³-hybridized carbons (Fsp3) is 0.111. The van der Waals surface area contributed by atoms with Crippen LogP contribution < -0.4 is 0 Å². The summed E-state index contributed by atoms with van der Waals surface area (Å²) >= 11 is 0. The van der Waals surface area contributed by atoms with Crippen molar-refractivity contribution in [1.29, 1.82) is 0 Å². The summed E-state index contributed by atoms with van der Waals surface area (Å²) in [5.41, 5.74) is 3.37. The Morgan fingerprint density at radius 1 is 0.700 bits per heavy atom. The largest absolute Gasteiger partial charge is 0.298 e. The number of carbonyl (C=O) groups excluding carboxylic acids is 2. The zero-order valence-corrected chi connectivity index (χ0v) is 11.4. The quantitative estimate of drug-likeness (QED) is 0.511. The van der Waals surface area contributed by atoms with Crippen molar-refractivity contribution in [2.75, 3.05) is 0 Å². The number of carbonyl (C=O) groups is 2. The molecule has 0 amide bonds. The molecule has 0 saturated heterocycles. The normalized spacial score (nSPS) is 10.9. The molecule has 0 spiro atoms. The molecule has 0 radical (unpaired) electrons. The van der Waals surface area contributed by atoms with E-state index in [0.29, 0.717) is 11.1 Å². The smallest absolute Gasteiger partial charge is 0.151 e. The zero-order valence-electron chi connectivity index (χ0n) is 11.4. The molecule has 2 nitrogen and oxygen atoms in total. The van der Waals surface area contributed by atoms with Gasteiger partial charge in [-0.15, -0.1) is 0 Å². The van der Waals surface area contributed by atoms with Gasteiger partial charge in [0.25, 0.3) is 0 Å². The lowest BCUT2D eigenvalue weighted by Gasteiger charge is -2.14. The number of aryl methyl sites for hydroxylation is 2. The molecule has 0 heterocycles. The third kappa shape index (κ3) is 1.58. The molecular weight excluding hydrogens is 248 g/mol. The van der Waals surface area contributed by atoms with Crippen LogP contribution in [-0.4, -0.2) is 12.6 Å². The molecule has 2 heteroatoms. The van der Waals surface area contributed by atoms with Crippen molar-refractivity contribution in [2.45, 2.75) is 13.8 Å². The van der Waals surface area contributed by atoms with Gasteiger partial charge in [0.05, 0.1) is 0 Å². The van der Waals surface area contributed by atoms with Gasteiger partial charge in [0.2, 0.25) is 0 Å². The molecule has 0 unspecified atom stereocenters. The van der Waals surface area contributed by atoms with E-state index in [1.54, 1.807) is 0 Å². The molecule has 0 N–H and O–H groups in total. The molecule has 98 valence electrons. The molecule has 0 bridgehead atoms. The second-order valence-corrected chi connectivity index (χ2v) is 5.06. The Morgan fingerprint density at radius 2 is 1.10 bits per heavy atom. The fourth-order valence-corrected chi connectivity index (χ4v) is 2.97. The second kappa shape index (κ2) is 4.57. The summed E-state index contributed by atoms with van der Waals surface area (Å²) in [5, 5.41) is 3.46. The Kier molecular flexibility index (Phi) is 2.87. The summed E-state index contributed by atoms with van der Waals surface area (Å²) in [6, 6.07) is 11.6. The van der Waals surface area contributed by atoms with Crippen molar-refractivity contribution in [3.05, 3.63) is 58.7 Å². The number of hydrogen-bond acceptors (Lipinski definition) is 2. The van der Waals surface area contributed by atoms with Crippen LogP contribution in [0.2, 0.25) is 0 Å². The van der Waals surface area contributed by atoms with Gasteiger partial charge in [-0.3, -0.25) is 9.59 Å². The molecule has 0 aliphatic carbocycles. The fourth-order valence-electron chi connectivity index (χ4n) is 2.97. The highest BCUT2D eigenvalue weighted by molar-refractivity contribution is 6.21. The molecule has 0 atom stereocenters. The van der Waals surface area contributed by atoms with Crippen LogP contribution in [0.1, 0.15) is 31.8 Å². The van der Waals surface area contributed by atoms with E-state index in [2.05, 4.69) is 0 Å². The van der Waals surface area contributed by atoms with Gasteiger partial charge < -0.3 is 0 Å². The Morgan fingerprint density at radius 3 is 1.45 bits per heavy atom. The Labute approximate surface area is 117 Å².